The lowest BCUT2D eigenvalue weighted by Gasteiger charge is -2.31. The maximum atomic E-state index is 5.69. The second-order valence-corrected chi connectivity index (χ2v) is 5.94. The highest BCUT2D eigenvalue weighted by molar-refractivity contribution is 7.80. The first-order valence-electron chi connectivity index (χ1n) is 8.22. The lowest BCUT2D eigenvalue weighted by Crippen LogP contribution is -2.39. The largest absolute Gasteiger partial charge is 0.383 e. The van der Waals surface area contributed by atoms with Gasteiger partial charge in [-0.05, 0) is 49.3 Å². The predicted molar refractivity (Wildman–Crippen MR) is 103 cm³/mol. The average molecular weight is 343 g/mol. The van der Waals surface area contributed by atoms with Gasteiger partial charge >= 0.3 is 0 Å². The molecule has 1 heterocycles. The average Bonchev–Trinajstić information content (AvgIpc) is 2.63. The maximum Gasteiger partial charge on any atom is 0.174 e. The fraction of sp³-hybridized carbons (Fsp3) is 0.368. The van der Waals surface area contributed by atoms with Crippen LogP contribution in [-0.2, 0) is 11.2 Å². The second-order valence-electron chi connectivity index (χ2n) is 5.56. The number of para-hydroxylation sites is 1. The van der Waals surface area contributed by atoms with Gasteiger partial charge in [-0.1, -0.05) is 31.2 Å². The highest BCUT2D eigenvalue weighted by Gasteiger charge is 2.20. The Balaban J connectivity index is 2.18. The van der Waals surface area contributed by atoms with Gasteiger partial charge in [-0.25, -0.2) is 0 Å². The van der Waals surface area contributed by atoms with E-state index in [1.807, 2.05) is 36.5 Å². The quantitative estimate of drug-likeness (QED) is 0.768. The number of benzene rings is 1. The molecule has 0 saturated heterocycles. The molecular formula is C19H25N3OS. The first-order valence-corrected chi connectivity index (χ1v) is 8.63. The van der Waals surface area contributed by atoms with Crippen molar-refractivity contribution in [3.05, 3.63) is 59.9 Å². The molecule has 0 aliphatic carbocycles. The zero-order valence-corrected chi connectivity index (χ0v) is 15.3. The molecule has 4 nitrogen and oxygen atoms in total. The number of aromatic nitrogens is 1. The van der Waals surface area contributed by atoms with E-state index in [9.17, 15) is 0 Å². The summed E-state index contributed by atoms with van der Waals surface area (Å²) in [5, 5.41) is 4.08. The molecule has 1 aromatic heterocycles. The van der Waals surface area contributed by atoms with Gasteiger partial charge < -0.3 is 15.0 Å². The van der Waals surface area contributed by atoms with E-state index in [1.165, 1.54) is 5.56 Å². The second kappa shape index (κ2) is 9.35. The first kappa shape index (κ1) is 18.4. The third-order valence-corrected chi connectivity index (χ3v) is 4.36. The van der Waals surface area contributed by atoms with Crippen molar-refractivity contribution in [2.24, 2.45) is 0 Å². The molecule has 0 fully saturated rings. The van der Waals surface area contributed by atoms with E-state index in [0.29, 0.717) is 18.3 Å². The van der Waals surface area contributed by atoms with Crippen LogP contribution in [0.2, 0.25) is 0 Å². The molecule has 0 spiro atoms. The highest BCUT2D eigenvalue weighted by atomic mass is 32.1. The lowest BCUT2D eigenvalue weighted by atomic mass is 10.1. The third kappa shape index (κ3) is 4.76. The SMILES string of the molecule is CCc1ccccc1NC(=S)N(CCOC)[C@H](C)c1ccccn1. The van der Waals surface area contributed by atoms with Crippen LogP contribution in [0, 0.1) is 0 Å². The summed E-state index contributed by atoms with van der Waals surface area (Å²) in [5.74, 6) is 0. The van der Waals surface area contributed by atoms with Crippen LogP contribution in [0.3, 0.4) is 0 Å². The van der Waals surface area contributed by atoms with E-state index < -0.39 is 0 Å². The lowest BCUT2D eigenvalue weighted by molar-refractivity contribution is 0.164. The van der Waals surface area contributed by atoms with Gasteiger partial charge in [0.15, 0.2) is 5.11 Å². The monoisotopic (exact) mass is 343 g/mol. The molecule has 0 radical (unpaired) electrons. The first-order chi connectivity index (χ1) is 11.7. The van der Waals surface area contributed by atoms with Gasteiger partial charge in [0.2, 0.25) is 0 Å². The van der Waals surface area contributed by atoms with Crippen LogP contribution in [0.4, 0.5) is 5.69 Å². The Morgan fingerprint density at radius 3 is 2.67 bits per heavy atom. The van der Waals surface area contributed by atoms with E-state index in [0.717, 1.165) is 17.8 Å². The smallest absolute Gasteiger partial charge is 0.174 e. The number of pyridine rings is 1. The van der Waals surface area contributed by atoms with Gasteiger partial charge in [0.25, 0.3) is 0 Å². The van der Waals surface area contributed by atoms with E-state index in [4.69, 9.17) is 17.0 Å². The number of methoxy groups -OCH3 is 1. The summed E-state index contributed by atoms with van der Waals surface area (Å²) < 4.78 is 5.25. The van der Waals surface area contributed by atoms with Crippen molar-refractivity contribution in [2.45, 2.75) is 26.3 Å². The van der Waals surface area contributed by atoms with Crippen LogP contribution < -0.4 is 5.32 Å². The third-order valence-electron chi connectivity index (χ3n) is 4.02. The molecule has 0 saturated carbocycles. The summed E-state index contributed by atoms with van der Waals surface area (Å²) in [4.78, 5) is 6.58. The molecule has 0 bridgehead atoms. The van der Waals surface area contributed by atoms with Gasteiger partial charge in [0, 0.05) is 25.5 Å². The number of ether oxygens (including phenoxy) is 1. The van der Waals surface area contributed by atoms with Crippen LogP contribution in [-0.4, -0.2) is 35.3 Å². The minimum Gasteiger partial charge on any atom is -0.383 e. The van der Waals surface area contributed by atoms with Crippen LogP contribution in [0.15, 0.2) is 48.7 Å². The Labute approximate surface area is 149 Å². The molecule has 1 atom stereocenters. The molecule has 1 N–H and O–H groups in total. The number of aryl methyl sites for hydroxylation is 1. The number of nitrogens with zero attached hydrogens (tertiary/aromatic N) is 2. The van der Waals surface area contributed by atoms with Gasteiger partial charge in [-0.3, -0.25) is 4.98 Å². The van der Waals surface area contributed by atoms with E-state index >= 15 is 0 Å². The van der Waals surface area contributed by atoms with Crippen LogP contribution in [0.1, 0.15) is 31.1 Å². The van der Waals surface area contributed by atoms with Crippen LogP contribution in [0.25, 0.3) is 0 Å². The maximum absolute atomic E-state index is 5.69. The number of thiocarbonyl (C=S) groups is 1. The summed E-state index contributed by atoms with van der Waals surface area (Å²) in [6.07, 6.45) is 2.77. The van der Waals surface area contributed by atoms with Crippen molar-refractivity contribution in [1.29, 1.82) is 0 Å². The van der Waals surface area contributed by atoms with Gasteiger partial charge in [0.05, 0.1) is 18.3 Å². The molecule has 1 aromatic carbocycles. The molecule has 2 rings (SSSR count). The molecule has 128 valence electrons. The van der Waals surface area contributed by atoms with Gasteiger partial charge in [0.1, 0.15) is 0 Å². The summed E-state index contributed by atoms with van der Waals surface area (Å²) in [5.41, 5.74) is 3.29. The minimum absolute atomic E-state index is 0.0649. The summed E-state index contributed by atoms with van der Waals surface area (Å²) in [6, 6.07) is 14.2. The topological polar surface area (TPSA) is 37.4 Å². The number of nitrogens with one attached hydrogen (secondary N) is 1. The fourth-order valence-corrected chi connectivity index (χ4v) is 2.94. The summed E-state index contributed by atoms with van der Waals surface area (Å²) >= 11 is 5.69. The summed E-state index contributed by atoms with van der Waals surface area (Å²) in [7, 11) is 1.70. The standard InChI is InChI=1S/C19H25N3OS/c1-4-16-9-5-6-11-18(16)21-19(24)22(13-14-23-3)15(2)17-10-7-8-12-20-17/h5-12,15H,4,13-14H2,1-3H3,(H,21,24)/t15-/m1/s1. The van der Waals surface area contributed by atoms with Crippen molar-refractivity contribution in [3.8, 4) is 0 Å². The van der Waals surface area contributed by atoms with Crippen molar-refractivity contribution < 1.29 is 4.74 Å². The molecule has 24 heavy (non-hydrogen) atoms. The van der Waals surface area contributed by atoms with E-state index in [1.54, 1.807) is 7.11 Å². The molecule has 2 aromatic rings. The Bertz CT molecular complexity index is 648. The van der Waals surface area contributed by atoms with Gasteiger partial charge in [-0.2, -0.15) is 0 Å². The highest BCUT2D eigenvalue weighted by Crippen LogP contribution is 2.21. The molecule has 0 unspecified atom stereocenters. The van der Waals surface area contributed by atoms with Crippen LogP contribution >= 0.6 is 12.2 Å². The summed E-state index contributed by atoms with van der Waals surface area (Å²) in [6.45, 7) is 5.56. The van der Waals surface area contributed by atoms with Crippen molar-refractivity contribution in [3.63, 3.8) is 0 Å². The van der Waals surface area contributed by atoms with Crippen molar-refractivity contribution in [2.75, 3.05) is 25.6 Å². The molecule has 5 heteroatoms. The Hall–Kier alpha value is -1.98. The molecule has 0 aliphatic rings. The van der Waals surface area contributed by atoms with Crippen molar-refractivity contribution in [1.82, 2.24) is 9.88 Å². The number of hydrogen-bond donors (Lipinski definition) is 1. The predicted octanol–water partition coefficient (Wildman–Crippen LogP) is 4.05. The van der Waals surface area contributed by atoms with E-state index in [-0.39, 0.29) is 6.04 Å². The van der Waals surface area contributed by atoms with Gasteiger partial charge in [-0.15, -0.1) is 0 Å². The minimum atomic E-state index is 0.0649. The Kier molecular flexibility index (Phi) is 7.15. The molecule has 0 amide bonds. The van der Waals surface area contributed by atoms with Crippen molar-refractivity contribution >= 4 is 23.0 Å². The molecule has 0 aliphatic heterocycles. The Morgan fingerprint density at radius 2 is 2.00 bits per heavy atom. The fourth-order valence-electron chi connectivity index (χ4n) is 2.58. The van der Waals surface area contributed by atoms with E-state index in [2.05, 4.69) is 41.2 Å². The normalized spacial score (nSPS) is 11.8. The number of anilines is 1. The zero-order valence-electron chi connectivity index (χ0n) is 14.5. The molecular weight excluding hydrogens is 318 g/mol. The number of hydrogen-bond acceptors (Lipinski definition) is 3. The Morgan fingerprint density at radius 1 is 1.25 bits per heavy atom. The van der Waals surface area contributed by atoms with Crippen LogP contribution in [0.5, 0.6) is 0 Å². The number of rotatable bonds is 7. The zero-order chi connectivity index (χ0) is 17.4.